The number of esters is 1. The molecule has 0 heterocycles. The number of ether oxygens (including phenoxy) is 4. The first-order valence-electron chi connectivity index (χ1n) is 7.62. The van der Waals surface area contributed by atoms with Crippen molar-refractivity contribution in [3.05, 3.63) is 29.8 Å². The first-order chi connectivity index (χ1) is 11.6. The van der Waals surface area contributed by atoms with Crippen molar-refractivity contribution in [2.75, 3.05) is 40.1 Å². The maximum absolute atomic E-state index is 11.5. The van der Waals surface area contributed by atoms with Crippen molar-refractivity contribution in [1.29, 1.82) is 0 Å². The van der Waals surface area contributed by atoms with Gasteiger partial charge in [0.1, 0.15) is 25.2 Å². The molecular formula is C16H24N2O6. The average Bonchev–Trinajstić information content (AvgIpc) is 2.59. The molecule has 1 atom stereocenters. The first-order valence-corrected chi connectivity index (χ1v) is 7.62. The van der Waals surface area contributed by atoms with E-state index in [1.807, 2.05) is 0 Å². The van der Waals surface area contributed by atoms with Gasteiger partial charge in [-0.25, -0.2) is 4.79 Å². The summed E-state index contributed by atoms with van der Waals surface area (Å²) in [7, 11) is 1.56. The van der Waals surface area contributed by atoms with Gasteiger partial charge in [0.2, 0.25) is 0 Å². The summed E-state index contributed by atoms with van der Waals surface area (Å²) in [5, 5.41) is 2.54. The number of hydrogen-bond donors (Lipinski definition) is 2. The Hall–Kier alpha value is -2.16. The van der Waals surface area contributed by atoms with Crippen molar-refractivity contribution in [2.24, 2.45) is 5.73 Å². The Morgan fingerprint density at radius 3 is 2.79 bits per heavy atom. The van der Waals surface area contributed by atoms with E-state index >= 15 is 0 Å². The monoisotopic (exact) mass is 340 g/mol. The summed E-state index contributed by atoms with van der Waals surface area (Å²) in [5.74, 6) is -0.0883. The van der Waals surface area contributed by atoms with Crippen LogP contribution in [0, 0.1) is 0 Å². The molecule has 1 unspecified atom stereocenters. The molecule has 0 aliphatic heterocycles. The molecule has 0 aliphatic rings. The van der Waals surface area contributed by atoms with Crippen LogP contribution in [-0.4, -0.2) is 58.2 Å². The Balaban J connectivity index is 2.21. The predicted octanol–water partition coefficient (Wildman–Crippen LogP) is 0.306. The molecule has 0 spiro atoms. The average molecular weight is 340 g/mol. The van der Waals surface area contributed by atoms with Gasteiger partial charge in [-0.2, -0.15) is 0 Å². The van der Waals surface area contributed by atoms with Gasteiger partial charge in [-0.1, -0.05) is 6.07 Å². The van der Waals surface area contributed by atoms with Gasteiger partial charge in [-0.15, -0.1) is 0 Å². The summed E-state index contributed by atoms with van der Waals surface area (Å²) in [4.78, 5) is 22.6. The number of benzene rings is 1. The molecule has 0 bridgehead atoms. The molecule has 1 amide bonds. The molecule has 1 rings (SSSR count). The lowest BCUT2D eigenvalue weighted by atomic mass is 10.2. The number of nitrogens with one attached hydrogen (secondary N) is 1. The minimum atomic E-state index is -0.653. The topological polar surface area (TPSA) is 109 Å². The van der Waals surface area contributed by atoms with Crippen LogP contribution in [-0.2, 0) is 19.0 Å². The Kier molecular flexibility index (Phi) is 9.44. The third-order valence-corrected chi connectivity index (χ3v) is 2.82. The molecule has 0 aromatic heterocycles. The summed E-state index contributed by atoms with van der Waals surface area (Å²) in [6.07, 6.45) is -0.653. The van der Waals surface area contributed by atoms with Crippen LogP contribution in [0.4, 0.5) is 0 Å². The number of hydrogen-bond acceptors (Lipinski definition) is 7. The zero-order valence-corrected chi connectivity index (χ0v) is 13.9. The van der Waals surface area contributed by atoms with E-state index in [2.05, 4.69) is 5.32 Å². The van der Waals surface area contributed by atoms with Crippen LogP contribution in [0.25, 0.3) is 0 Å². The molecule has 0 radical (unpaired) electrons. The third kappa shape index (κ3) is 7.91. The van der Waals surface area contributed by atoms with Gasteiger partial charge < -0.3 is 30.0 Å². The standard InChI is InChI=1S/C16H24N2O6/c1-3-22-15(19)11-21-7-8-23-14(17)10-24-13-6-4-5-12(9-13)16(20)18-2/h4-6,9,14H,3,7-8,10-11,17H2,1-2H3,(H,18,20). The van der Waals surface area contributed by atoms with E-state index in [1.165, 1.54) is 0 Å². The minimum absolute atomic E-state index is 0.116. The predicted molar refractivity (Wildman–Crippen MR) is 86.7 cm³/mol. The van der Waals surface area contributed by atoms with Crippen molar-refractivity contribution in [3.8, 4) is 5.75 Å². The van der Waals surface area contributed by atoms with Gasteiger partial charge in [0.05, 0.1) is 19.8 Å². The van der Waals surface area contributed by atoms with Gasteiger partial charge in [-0.05, 0) is 25.1 Å². The fourth-order valence-corrected chi connectivity index (χ4v) is 1.71. The zero-order chi connectivity index (χ0) is 17.8. The molecule has 1 aromatic carbocycles. The summed E-state index contributed by atoms with van der Waals surface area (Å²) in [6, 6.07) is 6.74. The van der Waals surface area contributed by atoms with Crippen LogP contribution in [0.3, 0.4) is 0 Å². The van der Waals surface area contributed by atoms with Crippen molar-refractivity contribution >= 4 is 11.9 Å². The number of nitrogens with two attached hydrogens (primary N) is 1. The van der Waals surface area contributed by atoms with E-state index in [9.17, 15) is 9.59 Å². The largest absolute Gasteiger partial charge is 0.489 e. The Morgan fingerprint density at radius 2 is 2.08 bits per heavy atom. The third-order valence-electron chi connectivity index (χ3n) is 2.82. The van der Waals surface area contributed by atoms with E-state index < -0.39 is 12.2 Å². The SMILES string of the molecule is CCOC(=O)COCCOC(N)COc1cccc(C(=O)NC)c1. The van der Waals surface area contributed by atoms with Crippen molar-refractivity contribution in [3.63, 3.8) is 0 Å². The van der Waals surface area contributed by atoms with Crippen LogP contribution < -0.4 is 15.8 Å². The van der Waals surface area contributed by atoms with Crippen LogP contribution in [0.1, 0.15) is 17.3 Å². The van der Waals surface area contributed by atoms with E-state index in [1.54, 1.807) is 38.2 Å². The van der Waals surface area contributed by atoms with E-state index in [-0.39, 0.29) is 32.3 Å². The van der Waals surface area contributed by atoms with E-state index in [4.69, 9.17) is 24.7 Å². The molecule has 0 fully saturated rings. The quantitative estimate of drug-likeness (QED) is 0.339. The van der Waals surface area contributed by atoms with Gasteiger partial charge in [0.25, 0.3) is 5.91 Å². The van der Waals surface area contributed by atoms with Gasteiger partial charge in [0, 0.05) is 12.6 Å². The molecule has 1 aromatic rings. The second-order valence-electron chi connectivity index (χ2n) is 4.68. The normalized spacial score (nSPS) is 11.6. The fourth-order valence-electron chi connectivity index (χ4n) is 1.71. The molecule has 134 valence electrons. The van der Waals surface area contributed by atoms with Crippen LogP contribution in [0.2, 0.25) is 0 Å². The maximum Gasteiger partial charge on any atom is 0.332 e. The number of carbonyl (C=O) groups is 2. The lowest BCUT2D eigenvalue weighted by Crippen LogP contribution is -2.32. The molecule has 0 saturated carbocycles. The van der Waals surface area contributed by atoms with Crippen LogP contribution >= 0.6 is 0 Å². The minimum Gasteiger partial charge on any atom is -0.489 e. The summed E-state index contributed by atoms with van der Waals surface area (Å²) in [6.45, 7) is 2.50. The zero-order valence-electron chi connectivity index (χ0n) is 13.9. The lowest BCUT2D eigenvalue weighted by molar-refractivity contribution is -0.149. The Bertz CT molecular complexity index is 523. The highest BCUT2D eigenvalue weighted by molar-refractivity contribution is 5.94. The van der Waals surface area contributed by atoms with Crippen LogP contribution in [0.15, 0.2) is 24.3 Å². The summed E-state index contributed by atoms with van der Waals surface area (Å²) < 4.78 is 20.6. The van der Waals surface area contributed by atoms with Crippen LogP contribution in [0.5, 0.6) is 5.75 Å². The summed E-state index contributed by atoms with van der Waals surface area (Å²) >= 11 is 0. The lowest BCUT2D eigenvalue weighted by Gasteiger charge is -2.14. The maximum atomic E-state index is 11.5. The van der Waals surface area contributed by atoms with E-state index in [0.717, 1.165) is 0 Å². The summed E-state index contributed by atoms with van der Waals surface area (Å²) in [5.41, 5.74) is 6.26. The Morgan fingerprint density at radius 1 is 1.29 bits per heavy atom. The molecule has 0 saturated heterocycles. The van der Waals surface area contributed by atoms with E-state index in [0.29, 0.717) is 17.9 Å². The number of amides is 1. The molecule has 3 N–H and O–H groups in total. The van der Waals surface area contributed by atoms with Gasteiger partial charge in [-0.3, -0.25) is 4.79 Å². The molecule has 8 nitrogen and oxygen atoms in total. The molecule has 0 aliphatic carbocycles. The molecular weight excluding hydrogens is 316 g/mol. The van der Waals surface area contributed by atoms with Crippen molar-refractivity contribution in [2.45, 2.75) is 13.2 Å². The second-order valence-corrected chi connectivity index (χ2v) is 4.68. The molecule has 24 heavy (non-hydrogen) atoms. The molecule has 8 heteroatoms. The first kappa shape index (κ1) is 19.9. The number of carbonyl (C=O) groups excluding carboxylic acids is 2. The fraction of sp³-hybridized carbons (Fsp3) is 0.500. The second kappa shape index (κ2) is 11.4. The highest BCUT2D eigenvalue weighted by Gasteiger charge is 2.07. The smallest absolute Gasteiger partial charge is 0.332 e. The van der Waals surface area contributed by atoms with Gasteiger partial charge >= 0.3 is 5.97 Å². The van der Waals surface area contributed by atoms with Crippen molar-refractivity contribution < 1.29 is 28.5 Å². The van der Waals surface area contributed by atoms with Gasteiger partial charge in [0.15, 0.2) is 0 Å². The Labute approximate surface area is 141 Å². The van der Waals surface area contributed by atoms with Crippen molar-refractivity contribution in [1.82, 2.24) is 5.32 Å². The highest BCUT2D eigenvalue weighted by Crippen LogP contribution is 2.13. The highest BCUT2D eigenvalue weighted by atomic mass is 16.6. The number of rotatable bonds is 11.